The molecule has 0 saturated carbocycles. The summed E-state index contributed by atoms with van der Waals surface area (Å²) in [6, 6.07) is 1.94. The number of alkyl halides is 1. The van der Waals surface area contributed by atoms with E-state index in [4.69, 9.17) is 11.6 Å². The van der Waals surface area contributed by atoms with Gasteiger partial charge in [-0.25, -0.2) is 0 Å². The Morgan fingerprint density at radius 2 is 2.50 bits per heavy atom. The van der Waals surface area contributed by atoms with Crippen molar-refractivity contribution in [1.29, 1.82) is 0 Å². The van der Waals surface area contributed by atoms with Crippen LogP contribution in [-0.4, -0.2) is 29.3 Å². The lowest BCUT2D eigenvalue weighted by atomic mass is 10.3. The fraction of sp³-hybridized carbons (Fsp3) is 0.500. The number of carbonyl (C=O) groups is 1. The van der Waals surface area contributed by atoms with Crippen LogP contribution in [0.5, 0.6) is 0 Å². The number of hydrogen-bond acceptors (Lipinski definition) is 2. The highest BCUT2D eigenvalue weighted by molar-refractivity contribution is 7.10. The Kier molecular flexibility index (Phi) is 2.79. The highest BCUT2D eigenvalue weighted by atomic mass is 35.5. The van der Waals surface area contributed by atoms with Gasteiger partial charge in [0.05, 0.1) is 10.9 Å². The molecule has 0 bridgehead atoms. The molecule has 0 N–H and O–H groups in total. The number of aryl methyl sites for hydroxylation is 1. The molecule has 14 heavy (non-hydrogen) atoms. The monoisotopic (exact) mass is 229 g/mol. The van der Waals surface area contributed by atoms with Crippen LogP contribution in [0.25, 0.3) is 0 Å². The van der Waals surface area contributed by atoms with Gasteiger partial charge in [-0.1, -0.05) is 0 Å². The molecule has 1 aliphatic rings. The summed E-state index contributed by atoms with van der Waals surface area (Å²) in [5.74, 6) is 0.123. The van der Waals surface area contributed by atoms with Crippen molar-refractivity contribution in [3.05, 3.63) is 21.9 Å². The minimum atomic E-state index is 0.123. The number of likely N-dealkylation sites (tertiary alicyclic amines) is 1. The molecule has 4 heteroatoms. The molecule has 1 unspecified atom stereocenters. The molecule has 0 aromatic carbocycles. The van der Waals surface area contributed by atoms with Crippen molar-refractivity contribution in [2.75, 3.05) is 13.1 Å². The first kappa shape index (κ1) is 9.99. The maximum atomic E-state index is 11.9. The van der Waals surface area contributed by atoms with Crippen molar-refractivity contribution in [1.82, 2.24) is 4.90 Å². The van der Waals surface area contributed by atoms with Crippen LogP contribution in [0.15, 0.2) is 11.4 Å². The zero-order valence-electron chi connectivity index (χ0n) is 8.00. The van der Waals surface area contributed by atoms with Gasteiger partial charge >= 0.3 is 0 Å². The van der Waals surface area contributed by atoms with Crippen LogP contribution in [0, 0.1) is 6.92 Å². The fourth-order valence-corrected chi connectivity index (χ4v) is 2.58. The SMILES string of the molecule is Cc1cc(C(=O)N2CCC(Cl)C2)cs1. The number of thiophene rings is 1. The van der Waals surface area contributed by atoms with E-state index in [0.29, 0.717) is 6.54 Å². The zero-order chi connectivity index (χ0) is 10.1. The third kappa shape index (κ3) is 1.93. The Bertz CT molecular complexity index is 350. The third-order valence-corrected chi connectivity index (χ3v) is 3.61. The van der Waals surface area contributed by atoms with E-state index < -0.39 is 0 Å². The highest BCUT2D eigenvalue weighted by Gasteiger charge is 2.25. The quantitative estimate of drug-likeness (QED) is 0.678. The average Bonchev–Trinajstić information content (AvgIpc) is 2.73. The molecule has 2 rings (SSSR count). The Morgan fingerprint density at radius 3 is 3.00 bits per heavy atom. The predicted molar refractivity (Wildman–Crippen MR) is 59.2 cm³/mol. The van der Waals surface area contributed by atoms with E-state index in [1.165, 1.54) is 4.88 Å². The fourth-order valence-electron chi connectivity index (χ4n) is 1.64. The Balaban J connectivity index is 2.09. The molecule has 2 heterocycles. The van der Waals surface area contributed by atoms with Crippen LogP contribution in [0.3, 0.4) is 0 Å². The third-order valence-electron chi connectivity index (χ3n) is 2.40. The molecule has 1 aromatic heterocycles. The summed E-state index contributed by atoms with van der Waals surface area (Å²) in [6.07, 6.45) is 0.913. The molecule has 1 fully saturated rings. The molecular weight excluding hydrogens is 218 g/mol. The molecule has 1 aliphatic heterocycles. The van der Waals surface area contributed by atoms with Crippen molar-refractivity contribution >= 4 is 28.8 Å². The molecule has 1 aromatic rings. The minimum absolute atomic E-state index is 0.123. The largest absolute Gasteiger partial charge is 0.337 e. The molecule has 0 radical (unpaired) electrons. The second kappa shape index (κ2) is 3.91. The van der Waals surface area contributed by atoms with Crippen LogP contribution in [0.1, 0.15) is 21.7 Å². The summed E-state index contributed by atoms with van der Waals surface area (Å²) < 4.78 is 0. The summed E-state index contributed by atoms with van der Waals surface area (Å²) >= 11 is 7.56. The predicted octanol–water partition coefficient (Wildman–Crippen LogP) is 2.51. The molecule has 0 aliphatic carbocycles. The van der Waals surface area contributed by atoms with Crippen LogP contribution in [-0.2, 0) is 0 Å². The van der Waals surface area contributed by atoms with Crippen molar-refractivity contribution in [3.63, 3.8) is 0 Å². The van der Waals surface area contributed by atoms with Crippen molar-refractivity contribution < 1.29 is 4.79 Å². The molecule has 2 nitrogen and oxygen atoms in total. The molecular formula is C10H12ClNOS. The molecule has 1 atom stereocenters. The molecule has 0 spiro atoms. The Labute approximate surface area is 92.5 Å². The summed E-state index contributed by atoms with van der Waals surface area (Å²) in [6.45, 7) is 3.49. The van der Waals surface area contributed by atoms with E-state index in [-0.39, 0.29) is 11.3 Å². The van der Waals surface area contributed by atoms with Crippen LogP contribution in [0.4, 0.5) is 0 Å². The van der Waals surface area contributed by atoms with Crippen molar-refractivity contribution in [2.24, 2.45) is 0 Å². The lowest BCUT2D eigenvalue weighted by Gasteiger charge is -2.13. The van der Waals surface area contributed by atoms with E-state index in [1.54, 1.807) is 11.3 Å². The molecule has 1 amide bonds. The van der Waals surface area contributed by atoms with Gasteiger partial charge in [-0.05, 0) is 19.4 Å². The number of carbonyl (C=O) groups excluding carboxylic acids is 1. The number of rotatable bonds is 1. The average molecular weight is 230 g/mol. The molecule has 76 valence electrons. The minimum Gasteiger partial charge on any atom is -0.337 e. The van der Waals surface area contributed by atoms with Gasteiger partial charge in [0, 0.05) is 23.3 Å². The first-order chi connectivity index (χ1) is 6.66. The number of hydrogen-bond donors (Lipinski definition) is 0. The van der Waals surface area contributed by atoms with E-state index in [9.17, 15) is 4.79 Å². The van der Waals surface area contributed by atoms with Crippen LogP contribution < -0.4 is 0 Å². The van der Waals surface area contributed by atoms with Crippen molar-refractivity contribution in [2.45, 2.75) is 18.7 Å². The maximum Gasteiger partial charge on any atom is 0.254 e. The smallest absolute Gasteiger partial charge is 0.254 e. The summed E-state index contributed by atoms with van der Waals surface area (Å²) in [4.78, 5) is 14.9. The van der Waals surface area contributed by atoms with E-state index in [2.05, 4.69) is 0 Å². The second-order valence-electron chi connectivity index (χ2n) is 3.58. The summed E-state index contributed by atoms with van der Waals surface area (Å²) in [7, 11) is 0. The van der Waals surface area contributed by atoms with Gasteiger partial charge in [-0.3, -0.25) is 4.79 Å². The topological polar surface area (TPSA) is 20.3 Å². The van der Waals surface area contributed by atoms with E-state index in [1.807, 2.05) is 23.3 Å². The van der Waals surface area contributed by atoms with Gasteiger partial charge in [0.1, 0.15) is 0 Å². The standard InChI is InChI=1S/C10H12ClNOS/c1-7-4-8(6-14-7)10(13)12-3-2-9(11)5-12/h4,6,9H,2-3,5H2,1H3. The maximum absolute atomic E-state index is 11.9. The number of nitrogens with zero attached hydrogens (tertiary/aromatic N) is 1. The van der Waals surface area contributed by atoms with Gasteiger partial charge < -0.3 is 4.90 Å². The van der Waals surface area contributed by atoms with Gasteiger partial charge in [0.15, 0.2) is 0 Å². The highest BCUT2D eigenvalue weighted by Crippen LogP contribution is 2.20. The summed E-state index contributed by atoms with van der Waals surface area (Å²) in [5, 5.41) is 2.05. The van der Waals surface area contributed by atoms with Crippen LogP contribution in [0.2, 0.25) is 0 Å². The lowest BCUT2D eigenvalue weighted by Crippen LogP contribution is -2.28. The Morgan fingerprint density at radius 1 is 1.71 bits per heavy atom. The van der Waals surface area contributed by atoms with Crippen LogP contribution >= 0.6 is 22.9 Å². The zero-order valence-corrected chi connectivity index (χ0v) is 9.57. The number of halogens is 1. The first-order valence-electron chi connectivity index (χ1n) is 4.65. The van der Waals surface area contributed by atoms with E-state index in [0.717, 1.165) is 18.5 Å². The molecule has 1 saturated heterocycles. The Hall–Kier alpha value is -0.540. The lowest BCUT2D eigenvalue weighted by molar-refractivity contribution is 0.0793. The van der Waals surface area contributed by atoms with Gasteiger partial charge in [-0.2, -0.15) is 0 Å². The number of amides is 1. The van der Waals surface area contributed by atoms with Gasteiger partial charge in [-0.15, -0.1) is 22.9 Å². The summed E-state index contributed by atoms with van der Waals surface area (Å²) in [5.41, 5.74) is 0.804. The van der Waals surface area contributed by atoms with E-state index >= 15 is 0 Å². The first-order valence-corrected chi connectivity index (χ1v) is 5.97. The van der Waals surface area contributed by atoms with Gasteiger partial charge in [0.2, 0.25) is 0 Å². The van der Waals surface area contributed by atoms with Crippen molar-refractivity contribution in [3.8, 4) is 0 Å². The normalized spacial score (nSPS) is 21.6. The second-order valence-corrected chi connectivity index (χ2v) is 5.32. The van der Waals surface area contributed by atoms with Gasteiger partial charge in [0.25, 0.3) is 5.91 Å².